The van der Waals surface area contributed by atoms with Gasteiger partial charge in [0, 0.05) is 37.5 Å². The molecule has 0 bridgehead atoms. The molecule has 1 N–H and O–H groups in total. The second-order valence-corrected chi connectivity index (χ2v) is 9.48. The number of hydrogen-bond acceptors (Lipinski definition) is 6. The smallest absolute Gasteiger partial charge is 0.243 e. The van der Waals surface area contributed by atoms with E-state index in [1.807, 2.05) is 0 Å². The fraction of sp³-hybridized carbons (Fsp3) is 0.526. The van der Waals surface area contributed by atoms with Crippen LogP contribution < -0.4 is 5.32 Å². The summed E-state index contributed by atoms with van der Waals surface area (Å²) in [5, 5.41) is 6.89. The molecule has 0 radical (unpaired) electrons. The highest BCUT2D eigenvalue weighted by Crippen LogP contribution is 2.29. The third-order valence-corrected chi connectivity index (χ3v) is 7.38. The number of benzene rings is 1. The number of nitrogens with one attached hydrogen (secondary N) is 1. The van der Waals surface area contributed by atoms with Gasteiger partial charge in [-0.1, -0.05) is 17.3 Å². The summed E-state index contributed by atoms with van der Waals surface area (Å²) in [6.45, 7) is 4.14. The lowest BCUT2D eigenvalue weighted by molar-refractivity contribution is -0.126. The molecule has 1 aliphatic carbocycles. The SMILES string of the molecule is Cc1nc(-c2ccc(C)c(S(=O)(=O)N3CCC(C(=O)NC4CC4)CC3)c2)no1. The van der Waals surface area contributed by atoms with E-state index in [1.165, 1.54) is 4.31 Å². The fourth-order valence-corrected chi connectivity index (χ4v) is 5.20. The number of hydrogen-bond donors (Lipinski definition) is 1. The van der Waals surface area contributed by atoms with E-state index >= 15 is 0 Å². The molecule has 2 fully saturated rings. The lowest BCUT2D eigenvalue weighted by Gasteiger charge is -2.31. The molecule has 0 atom stereocenters. The molecular weight excluding hydrogens is 380 g/mol. The van der Waals surface area contributed by atoms with Crippen LogP contribution >= 0.6 is 0 Å². The molecule has 1 aromatic carbocycles. The normalized spacial score (nSPS) is 18.9. The van der Waals surface area contributed by atoms with Gasteiger partial charge in [0.05, 0.1) is 4.90 Å². The van der Waals surface area contributed by atoms with E-state index in [1.54, 1.807) is 32.0 Å². The lowest BCUT2D eigenvalue weighted by Crippen LogP contribution is -2.43. The first-order chi connectivity index (χ1) is 13.3. The Hall–Kier alpha value is -2.26. The summed E-state index contributed by atoms with van der Waals surface area (Å²) in [7, 11) is -3.66. The van der Waals surface area contributed by atoms with Gasteiger partial charge in [-0.2, -0.15) is 9.29 Å². The Morgan fingerprint density at radius 2 is 1.89 bits per heavy atom. The van der Waals surface area contributed by atoms with Crippen molar-refractivity contribution in [2.75, 3.05) is 13.1 Å². The summed E-state index contributed by atoms with van der Waals surface area (Å²) in [5.74, 6) is 0.739. The van der Waals surface area contributed by atoms with E-state index in [-0.39, 0.29) is 16.7 Å². The van der Waals surface area contributed by atoms with Crippen LogP contribution in [0.15, 0.2) is 27.6 Å². The maximum atomic E-state index is 13.2. The average Bonchev–Trinajstić information content (AvgIpc) is 3.39. The second kappa shape index (κ2) is 7.29. The summed E-state index contributed by atoms with van der Waals surface area (Å²) in [6, 6.07) is 5.46. The molecule has 1 aromatic heterocycles. The lowest BCUT2D eigenvalue weighted by atomic mass is 9.97. The van der Waals surface area contributed by atoms with E-state index < -0.39 is 10.0 Å². The minimum Gasteiger partial charge on any atom is -0.353 e. The summed E-state index contributed by atoms with van der Waals surface area (Å²) in [4.78, 5) is 16.6. The van der Waals surface area contributed by atoms with Gasteiger partial charge < -0.3 is 9.84 Å². The molecule has 1 aliphatic heterocycles. The van der Waals surface area contributed by atoms with Crippen molar-refractivity contribution in [2.45, 2.75) is 50.5 Å². The summed E-state index contributed by atoms with van der Waals surface area (Å²) in [5.41, 5.74) is 1.26. The third kappa shape index (κ3) is 3.81. The molecule has 28 heavy (non-hydrogen) atoms. The molecule has 1 saturated heterocycles. The number of nitrogens with zero attached hydrogens (tertiary/aromatic N) is 3. The Labute approximate surface area is 164 Å². The molecule has 9 heteroatoms. The highest BCUT2D eigenvalue weighted by molar-refractivity contribution is 7.89. The number of carbonyl (C=O) groups excluding carboxylic acids is 1. The predicted molar refractivity (Wildman–Crippen MR) is 102 cm³/mol. The van der Waals surface area contributed by atoms with Gasteiger partial charge in [-0.3, -0.25) is 4.79 Å². The van der Waals surface area contributed by atoms with Gasteiger partial charge in [-0.15, -0.1) is 0 Å². The van der Waals surface area contributed by atoms with Crippen molar-refractivity contribution in [2.24, 2.45) is 5.92 Å². The van der Waals surface area contributed by atoms with Crippen LogP contribution in [0.5, 0.6) is 0 Å². The van der Waals surface area contributed by atoms with Crippen molar-refractivity contribution in [3.05, 3.63) is 29.7 Å². The zero-order chi connectivity index (χ0) is 19.9. The van der Waals surface area contributed by atoms with Crippen molar-refractivity contribution in [3.63, 3.8) is 0 Å². The van der Waals surface area contributed by atoms with Crippen LogP contribution in [0.2, 0.25) is 0 Å². The summed E-state index contributed by atoms with van der Waals surface area (Å²) < 4.78 is 32.9. The van der Waals surface area contributed by atoms with E-state index in [0.29, 0.717) is 54.8 Å². The zero-order valence-electron chi connectivity index (χ0n) is 16.0. The van der Waals surface area contributed by atoms with Crippen molar-refractivity contribution in [1.29, 1.82) is 0 Å². The fourth-order valence-electron chi connectivity index (χ4n) is 3.48. The van der Waals surface area contributed by atoms with Gasteiger partial charge in [-0.05, 0) is 44.2 Å². The number of aryl methyl sites for hydroxylation is 2. The Bertz CT molecular complexity index is 989. The molecule has 0 unspecified atom stereocenters. The van der Waals surface area contributed by atoms with Gasteiger partial charge in [0.2, 0.25) is 27.6 Å². The number of carbonyl (C=O) groups is 1. The summed E-state index contributed by atoms with van der Waals surface area (Å²) in [6.07, 6.45) is 3.18. The highest BCUT2D eigenvalue weighted by Gasteiger charge is 2.34. The minimum atomic E-state index is -3.66. The van der Waals surface area contributed by atoms with Crippen molar-refractivity contribution >= 4 is 15.9 Å². The summed E-state index contributed by atoms with van der Waals surface area (Å²) >= 11 is 0. The molecule has 8 nitrogen and oxygen atoms in total. The van der Waals surface area contributed by atoms with Crippen LogP contribution in [0.1, 0.15) is 37.1 Å². The molecule has 4 rings (SSSR count). The first kappa shape index (κ1) is 19.1. The van der Waals surface area contributed by atoms with E-state index in [0.717, 1.165) is 12.8 Å². The zero-order valence-corrected chi connectivity index (χ0v) is 16.8. The molecule has 2 heterocycles. The molecule has 0 spiro atoms. The molecule has 2 aliphatic rings. The Balaban J connectivity index is 1.51. The Morgan fingerprint density at radius 1 is 1.18 bits per heavy atom. The molecule has 1 amide bonds. The van der Waals surface area contributed by atoms with Crippen LogP contribution in [-0.4, -0.2) is 47.9 Å². The van der Waals surface area contributed by atoms with Gasteiger partial charge in [0.15, 0.2) is 0 Å². The van der Waals surface area contributed by atoms with Crippen LogP contribution in [-0.2, 0) is 14.8 Å². The topological polar surface area (TPSA) is 105 Å². The maximum absolute atomic E-state index is 13.2. The number of rotatable bonds is 5. The highest BCUT2D eigenvalue weighted by atomic mass is 32.2. The minimum absolute atomic E-state index is 0.0604. The Morgan fingerprint density at radius 3 is 2.50 bits per heavy atom. The van der Waals surface area contributed by atoms with Crippen molar-refractivity contribution in [3.8, 4) is 11.4 Å². The number of piperidine rings is 1. The third-order valence-electron chi connectivity index (χ3n) is 5.34. The van der Waals surface area contributed by atoms with Gasteiger partial charge in [0.25, 0.3) is 0 Å². The number of amides is 1. The molecule has 2 aromatic rings. The van der Waals surface area contributed by atoms with E-state index in [9.17, 15) is 13.2 Å². The van der Waals surface area contributed by atoms with Gasteiger partial charge in [0.1, 0.15) is 0 Å². The van der Waals surface area contributed by atoms with Gasteiger partial charge >= 0.3 is 0 Å². The Kier molecular flexibility index (Phi) is 4.96. The van der Waals surface area contributed by atoms with Crippen LogP contribution in [0.4, 0.5) is 0 Å². The van der Waals surface area contributed by atoms with Crippen LogP contribution in [0.25, 0.3) is 11.4 Å². The second-order valence-electron chi connectivity index (χ2n) is 7.58. The van der Waals surface area contributed by atoms with Crippen LogP contribution in [0, 0.1) is 19.8 Å². The first-order valence-corrected chi connectivity index (χ1v) is 11.0. The van der Waals surface area contributed by atoms with Crippen molar-refractivity contribution in [1.82, 2.24) is 19.8 Å². The van der Waals surface area contributed by atoms with E-state index in [4.69, 9.17) is 4.52 Å². The molecule has 150 valence electrons. The van der Waals surface area contributed by atoms with E-state index in [2.05, 4.69) is 15.5 Å². The van der Waals surface area contributed by atoms with Crippen LogP contribution in [0.3, 0.4) is 0 Å². The monoisotopic (exact) mass is 404 g/mol. The molecular formula is C19H24N4O4S. The predicted octanol–water partition coefficient (Wildman–Crippen LogP) is 2.03. The maximum Gasteiger partial charge on any atom is 0.243 e. The largest absolute Gasteiger partial charge is 0.353 e. The van der Waals surface area contributed by atoms with Crippen molar-refractivity contribution < 1.29 is 17.7 Å². The quantitative estimate of drug-likeness (QED) is 0.817. The number of aromatic nitrogens is 2. The number of sulfonamides is 1. The average molecular weight is 404 g/mol. The standard InChI is InChI=1S/C19H24N4O4S/c1-12-3-4-15(18-20-13(2)27-22-18)11-17(12)28(25,26)23-9-7-14(8-10-23)19(24)21-16-5-6-16/h3-4,11,14,16H,5-10H2,1-2H3,(H,21,24). The first-order valence-electron chi connectivity index (χ1n) is 9.56. The van der Waals surface area contributed by atoms with Gasteiger partial charge in [-0.25, -0.2) is 8.42 Å². The molecule has 1 saturated carbocycles.